The van der Waals surface area contributed by atoms with Gasteiger partial charge in [-0.3, -0.25) is 0 Å². The van der Waals surface area contributed by atoms with E-state index in [4.69, 9.17) is 9.84 Å². The summed E-state index contributed by atoms with van der Waals surface area (Å²) in [5, 5.41) is 16.3. The van der Waals surface area contributed by atoms with Gasteiger partial charge in [0.25, 0.3) is 0 Å². The standard InChI is InChI=1S/C14H30N2O2/c1-11(9-12-10-18-8-6-15-12)16-13(5-7-17)14(2,3)4/h11-13,15-17H,5-10H2,1-4H3. The summed E-state index contributed by atoms with van der Waals surface area (Å²) >= 11 is 0. The molecule has 1 fully saturated rings. The number of aliphatic hydroxyl groups excluding tert-OH is 1. The highest BCUT2D eigenvalue weighted by Crippen LogP contribution is 2.22. The lowest BCUT2D eigenvalue weighted by Gasteiger charge is -2.35. The van der Waals surface area contributed by atoms with Crippen molar-refractivity contribution in [2.75, 3.05) is 26.4 Å². The Labute approximate surface area is 111 Å². The van der Waals surface area contributed by atoms with Crippen LogP contribution in [-0.2, 0) is 4.74 Å². The normalized spacial score (nSPS) is 24.8. The van der Waals surface area contributed by atoms with Crippen molar-refractivity contribution in [3.8, 4) is 0 Å². The number of rotatable bonds is 6. The maximum Gasteiger partial charge on any atom is 0.0620 e. The van der Waals surface area contributed by atoms with Crippen LogP contribution in [0.5, 0.6) is 0 Å². The fourth-order valence-electron chi connectivity index (χ4n) is 2.50. The predicted octanol–water partition coefficient (Wildman–Crippen LogP) is 1.14. The minimum Gasteiger partial charge on any atom is -0.396 e. The van der Waals surface area contributed by atoms with Crippen LogP contribution in [0.25, 0.3) is 0 Å². The van der Waals surface area contributed by atoms with Gasteiger partial charge in [0.2, 0.25) is 0 Å². The highest BCUT2D eigenvalue weighted by atomic mass is 16.5. The van der Waals surface area contributed by atoms with Crippen molar-refractivity contribution in [1.82, 2.24) is 10.6 Å². The fourth-order valence-corrected chi connectivity index (χ4v) is 2.50. The molecule has 3 unspecified atom stereocenters. The summed E-state index contributed by atoms with van der Waals surface area (Å²) in [6, 6.07) is 1.23. The second-order valence-electron chi connectivity index (χ2n) is 6.46. The first-order valence-electron chi connectivity index (χ1n) is 7.11. The zero-order valence-electron chi connectivity index (χ0n) is 12.3. The molecule has 0 aliphatic carbocycles. The second kappa shape index (κ2) is 7.43. The number of ether oxygens (including phenoxy) is 1. The Morgan fingerprint density at radius 2 is 2.17 bits per heavy atom. The van der Waals surface area contributed by atoms with Crippen LogP contribution in [0.15, 0.2) is 0 Å². The van der Waals surface area contributed by atoms with Gasteiger partial charge in [0, 0.05) is 31.3 Å². The third-order valence-corrected chi connectivity index (χ3v) is 3.59. The van der Waals surface area contributed by atoms with Crippen molar-refractivity contribution in [1.29, 1.82) is 0 Å². The highest BCUT2D eigenvalue weighted by Gasteiger charge is 2.26. The molecule has 108 valence electrons. The molecule has 0 bridgehead atoms. The van der Waals surface area contributed by atoms with Gasteiger partial charge in [-0.1, -0.05) is 20.8 Å². The van der Waals surface area contributed by atoms with Crippen molar-refractivity contribution in [3.63, 3.8) is 0 Å². The van der Waals surface area contributed by atoms with E-state index in [-0.39, 0.29) is 12.0 Å². The Kier molecular flexibility index (Phi) is 6.57. The Hall–Kier alpha value is -0.160. The summed E-state index contributed by atoms with van der Waals surface area (Å²) < 4.78 is 5.47. The quantitative estimate of drug-likeness (QED) is 0.669. The minimum atomic E-state index is 0.174. The molecule has 1 heterocycles. The zero-order chi connectivity index (χ0) is 13.6. The van der Waals surface area contributed by atoms with Gasteiger partial charge in [-0.05, 0) is 25.2 Å². The molecule has 0 radical (unpaired) electrons. The van der Waals surface area contributed by atoms with E-state index in [1.807, 2.05) is 0 Å². The lowest BCUT2D eigenvalue weighted by Crippen LogP contribution is -2.49. The van der Waals surface area contributed by atoms with Crippen LogP contribution in [0.4, 0.5) is 0 Å². The Morgan fingerprint density at radius 3 is 2.67 bits per heavy atom. The third-order valence-electron chi connectivity index (χ3n) is 3.59. The van der Waals surface area contributed by atoms with Crippen LogP contribution in [0, 0.1) is 5.41 Å². The van der Waals surface area contributed by atoms with E-state index < -0.39 is 0 Å². The van der Waals surface area contributed by atoms with Gasteiger partial charge >= 0.3 is 0 Å². The zero-order valence-corrected chi connectivity index (χ0v) is 12.3. The van der Waals surface area contributed by atoms with Gasteiger partial charge in [-0.15, -0.1) is 0 Å². The van der Waals surface area contributed by atoms with Crippen LogP contribution >= 0.6 is 0 Å². The number of morpholine rings is 1. The summed E-state index contributed by atoms with van der Waals surface area (Å²) in [6.07, 6.45) is 1.88. The van der Waals surface area contributed by atoms with E-state index in [9.17, 15) is 0 Å². The number of aliphatic hydroxyl groups is 1. The second-order valence-corrected chi connectivity index (χ2v) is 6.46. The van der Waals surface area contributed by atoms with E-state index >= 15 is 0 Å². The molecule has 3 atom stereocenters. The predicted molar refractivity (Wildman–Crippen MR) is 74.8 cm³/mol. The molecule has 4 nitrogen and oxygen atoms in total. The monoisotopic (exact) mass is 258 g/mol. The number of hydrogen-bond acceptors (Lipinski definition) is 4. The fraction of sp³-hybridized carbons (Fsp3) is 1.00. The van der Waals surface area contributed by atoms with Crippen LogP contribution in [0.3, 0.4) is 0 Å². The topological polar surface area (TPSA) is 53.5 Å². The molecule has 4 heteroatoms. The first-order valence-corrected chi connectivity index (χ1v) is 7.11. The Bertz CT molecular complexity index is 222. The Balaban J connectivity index is 2.37. The molecule has 0 aromatic rings. The molecule has 0 amide bonds. The largest absolute Gasteiger partial charge is 0.396 e. The Morgan fingerprint density at radius 1 is 1.44 bits per heavy atom. The van der Waals surface area contributed by atoms with E-state index in [2.05, 4.69) is 38.3 Å². The van der Waals surface area contributed by atoms with Gasteiger partial charge in [-0.25, -0.2) is 0 Å². The van der Waals surface area contributed by atoms with Gasteiger partial charge in [0.05, 0.1) is 13.2 Å². The molecule has 0 aromatic heterocycles. The molecular weight excluding hydrogens is 228 g/mol. The first-order chi connectivity index (χ1) is 8.43. The average molecular weight is 258 g/mol. The maximum absolute atomic E-state index is 9.16. The SMILES string of the molecule is CC(CC1COCCN1)NC(CCO)C(C)(C)C. The van der Waals surface area contributed by atoms with Gasteiger partial charge in [0.1, 0.15) is 0 Å². The third kappa shape index (κ3) is 5.65. The summed E-state index contributed by atoms with van der Waals surface area (Å²) in [4.78, 5) is 0. The molecule has 1 aliphatic heterocycles. The van der Waals surface area contributed by atoms with Crippen LogP contribution in [-0.4, -0.2) is 49.6 Å². The summed E-state index contributed by atoms with van der Waals surface area (Å²) in [7, 11) is 0. The summed E-state index contributed by atoms with van der Waals surface area (Å²) in [6.45, 7) is 11.7. The van der Waals surface area contributed by atoms with Crippen LogP contribution < -0.4 is 10.6 Å². The lowest BCUT2D eigenvalue weighted by atomic mass is 9.84. The van der Waals surface area contributed by atoms with E-state index in [0.717, 1.165) is 32.6 Å². The molecule has 0 aromatic carbocycles. The molecular formula is C14H30N2O2. The molecule has 3 N–H and O–H groups in total. The molecule has 1 rings (SSSR count). The van der Waals surface area contributed by atoms with Crippen molar-refractivity contribution in [3.05, 3.63) is 0 Å². The molecule has 18 heavy (non-hydrogen) atoms. The number of nitrogens with one attached hydrogen (secondary N) is 2. The van der Waals surface area contributed by atoms with Crippen molar-refractivity contribution < 1.29 is 9.84 Å². The van der Waals surface area contributed by atoms with E-state index in [0.29, 0.717) is 18.1 Å². The summed E-state index contributed by atoms with van der Waals surface area (Å²) in [5.41, 5.74) is 0.174. The van der Waals surface area contributed by atoms with Gasteiger partial charge in [-0.2, -0.15) is 0 Å². The van der Waals surface area contributed by atoms with Crippen LogP contribution in [0.2, 0.25) is 0 Å². The molecule has 1 aliphatic rings. The van der Waals surface area contributed by atoms with E-state index in [1.165, 1.54) is 0 Å². The van der Waals surface area contributed by atoms with Gasteiger partial charge < -0.3 is 20.5 Å². The smallest absolute Gasteiger partial charge is 0.0620 e. The van der Waals surface area contributed by atoms with Crippen molar-refractivity contribution in [2.45, 2.75) is 58.7 Å². The highest BCUT2D eigenvalue weighted by molar-refractivity contribution is 4.84. The molecule has 0 saturated carbocycles. The van der Waals surface area contributed by atoms with E-state index in [1.54, 1.807) is 0 Å². The molecule has 0 spiro atoms. The summed E-state index contributed by atoms with van der Waals surface area (Å²) in [5.74, 6) is 0. The first kappa shape index (κ1) is 15.9. The lowest BCUT2D eigenvalue weighted by molar-refractivity contribution is 0.0692. The minimum absolute atomic E-state index is 0.174. The van der Waals surface area contributed by atoms with Crippen molar-refractivity contribution in [2.24, 2.45) is 5.41 Å². The number of hydrogen-bond donors (Lipinski definition) is 3. The van der Waals surface area contributed by atoms with Crippen molar-refractivity contribution >= 4 is 0 Å². The maximum atomic E-state index is 9.16. The van der Waals surface area contributed by atoms with Crippen LogP contribution in [0.1, 0.15) is 40.5 Å². The van der Waals surface area contributed by atoms with Gasteiger partial charge in [0.15, 0.2) is 0 Å². The average Bonchev–Trinajstić information content (AvgIpc) is 2.28. The molecule has 1 saturated heterocycles.